The minimum absolute atomic E-state index is 0.145. The zero-order valence-corrected chi connectivity index (χ0v) is 9.40. The molecule has 0 saturated carbocycles. The molecule has 1 N–H and O–H groups in total. The van der Waals surface area contributed by atoms with Crippen LogP contribution in [0, 0.1) is 12.3 Å². The molecule has 0 bridgehead atoms. The first-order chi connectivity index (χ1) is 7.27. The van der Waals surface area contributed by atoms with Crippen LogP contribution in [0.25, 0.3) is 0 Å². The van der Waals surface area contributed by atoms with Gasteiger partial charge in [-0.2, -0.15) is 0 Å². The van der Waals surface area contributed by atoms with Crippen molar-refractivity contribution in [3.63, 3.8) is 0 Å². The zero-order valence-electron chi connectivity index (χ0n) is 9.40. The molecule has 1 heterocycles. The summed E-state index contributed by atoms with van der Waals surface area (Å²) in [5.41, 5.74) is 1.04. The van der Waals surface area contributed by atoms with E-state index in [2.05, 4.69) is 30.1 Å². The summed E-state index contributed by atoms with van der Waals surface area (Å²) in [7, 11) is 0. The third-order valence-electron chi connectivity index (χ3n) is 2.36. The van der Waals surface area contributed by atoms with Gasteiger partial charge in [0.25, 0.3) is 0 Å². The van der Waals surface area contributed by atoms with Gasteiger partial charge in [0, 0.05) is 12.2 Å². The van der Waals surface area contributed by atoms with Gasteiger partial charge in [0.1, 0.15) is 0 Å². The van der Waals surface area contributed by atoms with Crippen LogP contribution in [0.5, 0.6) is 0 Å². The van der Waals surface area contributed by atoms with E-state index in [0.29, 0.717) is 0 Å². The highest BCUT2D eigenvalue weighted by molar-refractivity contribution is 5.10. The van der Waals surface area contributed by atoms with Crippen LogP contribution in [-0.2, 0) is 0 Å². The average molecular weight is 202 g/mol. The lowest BCUT2D eigenvalue weighted by Gasteiger charge is -2.18. The maximum Gasteiger partial charge on any atom is 0.0691 e. The Morgan fingerprint density at radius 1 is 1.53 bits per heavy atom. The van der Waals surface area contributed by atoms with Crippen LogP contribution in [-0.4, -0.2) is 11.0 Å². The smallest absolute Gasteiger partial charge is 0.0691 e. The van der Waals surface area contributed by atoms with Crippen molar-refractivity contribution in [2.24, 2.45) is 0 Å². The second-order valence-electron chi connectivity index (χ2n) is 3.65. The fourth-order valence-corrected chi connectivity index (χ4v) is 1.52. The Kier molecular flexibility index (Phi) is 4.86. The van der Waals surface area contributed by atoms with Gasteiger partial charge < -0.3 is 0 Å². The van der Waals surface area contributed by atoms with Gasteiger partial charge in [-0.3, -0.25) is 10.3 Å². The Bertz CT molecular complexity index is 313. The highest BCUT2D eigenvalue weighted by Gasteiger charge is 2.10. The second-order valence-corrected chi connectivity index (χ2v) is 3.65. The first kappa shape index (κ1) is 11.7. The highest BCUT2D eigenvalue weighted by Crippen LogP contribution is 2.10. The van der Waals surface area contributed by atoms with Gasteiger partial charge in [-0.05, 0) is 25.5 Å². The van der Waals surface area contributed by atoms with Gasteiger partial charge in [-0.15, -0.1) is 6.42 Å². The van der Waals surface area contributed by atoms with E-state index in [9.17, 15) is 0 Å². The highest BCUT2D eigenvalue weighted by atomic mass is 15.0. The number of hydrogen-bond donors (Lipinski definition) is 1. The molecule has 0 spiro atoms. The zero-order chi connectivity index (χ0) is 11.1. The number of hydrogen-bond acceptors (Lipinski definition) is 2. The minimum atomic E-state index is 0.145. The van der Waals surface area contributed by atoms with E-state index in [-0.39, 0.29) is 12.1 Å². The molecule has 1 aromatic rings. The van der Waals surface area contributed by atoms with Crippen LogP contribution in [0.3, 0.4) is 0 Å². The normalized spacial score (nSPS) is 14.2. The molecule has 0 aliphatic heterocycles. The summed E-state index contributed by atoms with van der Waals surface area (Å²) in [6.07, 6.45) is 9.36. The summed E-state index contributed by atoms with van der Waals surface area (Å²) in [5.74, 6) is 2.76. The standard InChI is InChI=1S/C13H18N2/c1-4-8-12(5-2)15-11(3)13-9-6-7-10-14-13/h2,6-7,9-12,15H,4,8H2,1,3H3. The van der Waals surface area contributed by atoms with E-state index in [0.717, 1.165) is 18.5 Å². The molecule has 15 heavy (non-hydrogen) atoms. The fourth-order valence-electron chi connectivity index (χ4n) is 1.52. The van der Waals surface area contributed by atoms with Crippen LogP contribution in [0.2, 0.25) is 0 Å². The van der Waals surface area contributed by atoms with Crippen molar-refractivity contribution in [2.45, 2.75) is 38.8 Å². The molecule has 0 fully saturated rings. The molecule has 0 radical (unpaired) electrons. The fraction of sp³-hybridized carbons (Fsp3) is 0.462. The van der Waals surface area contributed by atoms with E-state index in [1.54, 1.807) is 6.20 Å². The first-order valence-electron chi connectivity index (χ1n) is 5.41. The molecule has 80 valence electrons. The summed E-state index contributed by atoms with van der Waals surface area (Å²) in [4.78, 5) is 4.30. The molecular formula is C13H18N2. The van der Waals surface area contributed by atoms with E-state index in [1.807, 2.05) is 18.2 Å². The van der Waals surface area contributed by atoms with E-state index < -0.39 is 0 Å². The summed E-state index contributed by atoms with van der Waals surface area (Å²) in [6, 6.07) is 6.27. The van der Waals surface area contributed by atoms with Gasteiger partial charge in [0.2, 0.25) is 0 Å². The van der Waals surface area contributed by atoms with Gasteiger partial charge in [0.15, 0.2) is 0 Å². The molecule has 0 amide bonds. The second kappa shape index (κ2) is 6.21. The number of nitrogens with zero attached hydrogens (tertiary/aromatic N) is 1. The number of pyridine rings is 1. The van der Waals surface area contributed by atoms with Crippen LogP contribution < -0.4 is 5.32 Å². The maximum absolute atomic E-state index is 5.45. The Labute approximate surface area is 92.1 Å². The van der Waals surface area contributed by atoms with Crippen LogP contribution in [0.4, 0.5) is 0 Å². The quantitative estimate of drug-likeness (QED) is 0.742. The van der Waals surface area contributed by atoms with Crippen LogP contribution in [0.1, 0.15) is 38.4 Å². The third kappa shape index (κ3) is 3.73. The largest absolute Gasteiger partial charge is 0.296 e. The van der Waals surface area contributed by atoms with Crippen molar-refractivity contribution in [1.82, 2.24) is 10.3 Å². The monoisotopic (exact) mass is 202 g/mol. The lowest BCUT2D eigenvalue weighted by atomic mass is 10.1. The lowest BCUT2D eigenvalue weighted by molar-refractivity contribution is 0.487. The Morgan fingerprint density at radius 2 is 2.33 bits per heavy atom. The molecule has 0 aliphatic rings. The van der Waals surface area contributed by atoms with Crippen LogP contribution >= 0.6 is 0 Å². The number of aromatic nitrogens is 1. The number of rotatable bonds is 5. The molecule has 1 aromatic heterocycles. The molecule has 0 aromatic carbocycles. The van der Waals surface area contributed by atoms with Crippen molar-refractivity contribution in [3.05, 3.63) is 30.1 Å². The molecule has 2 unspecified atom stereocenters. The molecular weight excluding hydrogens is 184 g/mol. The van der Waals surface area contributed by atoms with Gasteiger partial charge >= 0.3 is 0 Å². The van der Waals surface area contributed by atoms with Crippen molar-refractivity contribution in [1.29, 1.82) is 0 Å². The Morgan fingerprint density at radius 3 is 2.87 bits per heavy atom. The lowest BCUT2D eigenvalue weighted by Crippen LogP contribution is -2.30. The minimum Gasteiger partial charge on any atom is -0.296 e. The maximum atomic E-state index is 5.45. The molecule has 2 heteroatoms. The molecule has 2 nitrogen and oxygen atoms in total. The van der Waals surface area contributed by atoms with E-state index in [4.69, 9.17) is 6.42 Å². The molecule has 0 aliphatic carbocycles. The van der Waals surface area contributed by atoms with E-state index >= 15 is 0 Å². The Hall–Kier alpha value is -1.33. The van der Waals surface area contributed by atoms with Crippen molar-refractivity contribution in [3.8, 4) is 12.3 Å². The first-order valence-corrected chi connectivity index (χ1v) is 5.41. The Balaban J connectivity index is 2.55. The topological polar surface area (TPSA) is 24.9 Å². The SMILES string of the molecule is C#CC(CCC)NC(C)c1ccccn1. The molecule has 0 saturated heterocycles. The van der Waals surface area contributed by atoms with Gasteiger partial charge in [-0.1, -0.05) is 25.3 Å². The predicted molar refractivity (Wildman–Crippen MR) is 63.3 cm³/mol. The summed E-state index contributed by atoms with van der Waals surface area (Å²) in [6.45, 7) is 4.22. The molecule has 2 atom stereocenters. The van der Waals surface area contributed by atoms with Gasteiger partial charge in [0.05, 0.1) is 11.7 Å². The van der Waals surface area contributed by atoms with Crippen molar-refractivity contribution >= 4 is 0 Å². The summed E-state index contributed by atoms with van der Waals surface area (Å²) < 4.78 is 0. The third-order valence-corrected chi connectivity index (χ3v) is 2.36. The summed E-state index contributed by atoms with van der Waals surface area (Å²) in [5, 5.41) is 3.39. The average Bonchev–Trinajstić information content (AvgIpc) is 2.29. The number of nitrogens with one attached hydrogen (secondary N) is 1. The summed E-state index contributed by atoms with van der Waals surface area (Å²) >= 11 is 0. The predicted octanol–water partition coefficient (Wildman–Crippen LogP) is 2.53. The van der Waals surface area contributed by atoms with Crippen molar-refractivity contribution < 1.29 is 0 Å². The van der Waals surface area contributed by atoms with Crippen LogP contribution in [0.15, 0.2) is 24.4 Å². The van der Waals surface area contributed by atoms with Gasteiger partial charge in [-0.25, -0.2) is 0 Å². The van der Waals surface area contributed by atoms with E-state index in [1.165, 1.54) is 0 Å². The van der Waals surface area contributed by atoms with Crippen molar-refractivity contribution in [2.75, 3.05) is 0 Å². The number of terminal acetylenes is 1. The molecule has 1 rings (SSSR count).